The molecule has 109 heavy (non-hydrogen) atoms. The Labute approximate surface area is 638 Å². The van der Waals surface area contributed by atoms with Crippen LogP contribution in [-0.4, -0.2) is 290 Å². The molecule has 2 saturated heterocycles. The van der Waals surface area contributed by atoms with Crippen molar-refractivity contribution in [2.45, 2.75) is 255 Å². The number of rotatable bonds is 14. The first-order valence-corrected chi connectivity index (χ1v) is 39.2. The third kappa shape index (κ3) is 22.0. The number of ether oxygens (including phenoxy) is 2. The first kappa shape index (κ1) is 89.1. The van der Waals surface area contributed by atoms with Crippen molar-refractivity contribution >= 4 is 70.9 Å². The molecule has 0 aromatic carbocycles. The van der Waals surface area contributed by atoms with Crippen molar-refractivity contribution in [2.75, 3.05) is 103 Å². The number of carbonyl (C=O) groups excluding carboxylic acids is 12. The fourth-order valence-corrected chi connectivity index (χ4v) is 17.9. The molecule has 13 atom stereocenters. The molecule has 6 fully saturated rings. The van der Waals surface area contributed by atoms with Gasteiger partial charge in [-0.1, -0.05) is 73.0 Å². The average molecular weight is 1550 g/mol. The Balaban J connectivity index is 1.33. The Bertz CT molecular complexity index is 3260. The fourth-order valence-electron chi connectivity index (χ4n) is 17.9. The average Bonchev–Trinajstić information content (AvgIpc) is 1.27. The molecule has 3 N–H and O–H groups in total. The molecule has 4 aliphatic carbocycles. The Morgan fingerprint density at radius 3 is 1.89 bits per heavy atom. The van der Waals surface area contributed by atoms with Gasteiger partial charge in [0.2, 0.25) is 70.9 Å². The van der Waals surface area contributed by atoms with Gasteiger partial charge in [0, 0.05) is 83.2 Å². The van der Waals surface area contributed by atoms with Gasteiger partial charge in [0.1, 0.15) is 53.9 Å². The molecule has 2 bridgehead atoms. The highest BCUT2D eigenvalue weighted by atomic mass is 19.4. The van der Waals surface area contributed by atoms with E-state index in [1.165, 1.54) is 83.1 Å². The second-order valence-electron chi connectivity index (χ2n) is 33.5. The van der Waals surface area contributed by atoms with E-state index in [0.29, 0.717) is 38.5 Å². The van der Waals surface area contributed by atoms with Gasteiger partial charge in [0.15, 0.2) is 0 Å². The summed E-state index contributed by atoms with van der Waals surface area (Å²) < 4.78 is 96.7. The zero-order valence-corrected chi connectivity index (χ0v) is 66.7. The molecule has 7 rings (SSSR count). The summed E-state index contributed by atoms with van der Waals surface area (Å²) in [6.45, 7) is 9.18. The monoisotopic (exact) mass is 1550 g/mol. The van der Waals surface area contributed by atoms with Crippen molar-refractivity contribution in [2.24, 2.45) is 46.8 Å². The van der Waals surface area contributed by atoms with Crippen molar-refractivity contribution in [3.05, 3.63) is 12.2 Å². The van der Waals surface area contributed by atoms with Gasteiger partial charge < -0.3 is 69.5 Å². The summed E-state index contributed by atoms with van der Waals surface area (Å²) in [6.07, 6.45) is -4.71. The van der Waals surface area contributed by atoms with Crippen LogP contribution in [0, 0.1) is 46.8 Å². The number of nitrogens with one attached hydrogen (secondary N) is 3. The standard InChI is InChI=1S/C77H122F6N12O14/c1-16-35-109-43-58-65(99)85-63(47(4)17-2)71(105)89(10)42-62(98)90(11)54-25-19-18-22-34-94(70(54)104)57(37-48-26-30-51(31-27-48)76(78,79)80)69(103)88(9)41-60(96)84-53(33-29-49-28-32-52(77(81,82)83)59(38-49)108-15)67(101)95-40-46(3)36-55(95)66(100)86-75(44-74(5,6)45-75)73(107)93(14)64(50-23-20-21-24-50)72(106)92(13)56(68(102)87(7)8)39-61(97)91(58)12/h18-19,46-59,63-64H,16-17,20-45H2,1-15H3,(H,84,96)(H,85,99)(H,86,100)/b19-18-/t46-,47-,48?,49?,51?,52?,53-,54-,55-,56-,57-,58-,59?,63-,64-/m0/s1. The lowest BCUT2D eigenvalue weighted by atomic mass is 9.58. The summed E-state index contributed by atoms with van der Waals surface area (Å²) in [5, 5.41) is 8.68. The minimum atomic E-state index is -4.56. The number of likely N-dealkylation sites (N-methyl/N-ethyl adjacent to an activating group) is 7. The maximum absolute atomic E-state index is 15.8. The minimum Gasteiger partial charge on any atom is -0.381 e. The third-order valence-corrected chi connectivity index (χ3v) is 24.4. The molecule has 3 heterocycles. The number of nitrogens with zero attached hydrogens (tertiary/aromatic N) is 9. The summed E-state index contributed by atoms with van der Waals surface area (Å²) in [7, 11) is 12.2. The fraction of sp³-hybridized carbons (Fsp3) is 0.818. The van der Waals surface area contributed by atoms with Crippen molar-refractivity contribution < 1.29 is 93.4 Å². The topological polar surface area (TPSA) is 289 Å². The predicted molar refractivity (Wildman–Crippen MR) is 391 cm³/mol. The number of hydrogen-bond acceptors (Lipinski definition) is 14. The normalized spacial score (nSPS) is 31.6. The maximum atomic E-state index is 15.8. The lowest BCUT2D eigenvalue weighted by Gasteiger charge is -2.54. The number of halogens is 6. The summed E-state index contributed by atoms with van der Waals surface area (Å²) in [6, 6.07) is -11.0. The highest BCUT2D eigenvalue weighted by molar-refractivity contribution is 6.01. The first-order chi connectivity index (χ1) is 51.0. The SMILES string of the molecule is CCCOC[C@H]1C(=O)N[C@@H]([C@@H](C)CC)C(=O)N(C)CC(=O)N(C)[C@H]2C/C=C\CCN(C2=O)[C@@H](CC2CCC(C(F)(F)F)CC2)C(=O)N(C)CC(=O)N[C@@H](CCC2CCC(C(F)(F)F)C(OC)C2)C(=O)N2C[C@@H](C)C[C@H]2C(=O)NC2(CC(C)(C)C2)C(=O)N(C)[C@@H](C2CCCC2)C(=O)N(C)[C@H](C(=O)N(C)C)CC(=O)N1C. The molecule has 0 aromatic rings. The van der Waals surface area contributed by atoms with Gasteiger partial charge in [0.25, 0.3) is 0 Å². The van der Waals surface area contributed by atoms with Gasteiger partial charge >= 0.3 is 12.4 Å². The van der Waals surface area contributed by atoms with E-state index in [-0.39, 0.29) is 129 Å². The van der Waals surface area contributed by atoms with Gasteiger partial charge in [0.05, 0.1) is 44.1 Å². The van der Waals surface area contributed by atoms with E-state index in [9.17, 15) is 55.1 Å². The quantitative estimate of drug-likeness (QED) is 0.0974. The molecule has 1 spiro atoms. The van der Waals surface area contributed by atoms with Crippen LogP contribution < -0.4 is 16.0 Å². The van der Waals surface area contributed by atoms with Crippen LogP contribution in [0.4, 0.5) is 26.3 Å². The number of fused-ring (bicyclic) bond motifs is 3. The van der Waals surface area contributed by atoms with E-state index < -0.39 is 204 Å². The van der Waals surface area contributed by atoms with E-state index in [0.717, 1.165) is 24.5 Å². The van der Waals surface area contributed by atoms with E-state index in [2.05, 4.69) is 16.0 Å². The van der Waals surface area contributed by atoms with Crippen molar-refractivity contribution in [3.63, 3.8) is 0 Å². The largest absolute Gasteiger partial charge is 0.394 e. The number of hydrogen-bond donors (Lipinski definition) is 3. The van der Waals surface area contributed by atoms with E-state index in [1.54, 1.807) is 26.0 Å². The Hall–Kier alpha value is -7.12. The smallest absolute Gasteiger partial charge is 0.381 e. The Morgan fingerprint density at radius 2 is 1.30 bits per heavy atom. The van der Waals surface area contributed by atoms with Crippen molar-refractivity contribution in [3.8, 4) is 0 Å². The summed E-state index contributed by atoms with van der Waals surface area (Å²) in [5.41, 5.74) is -2.21. The Kier molecular flexibility index (Phi) is 31.0. The molecule has 616 valence electrons. The van der Waals surface area contributed by atoms with E-state index >= 15 is 28.8 Å². The van der Waals surface area contributed by atoms with Crippen molar-refractivity contribution in [1.82, 2.24) is 60.0 Å². The predicted octanol–water partition coefficient (Wildman–Crippen LogP) is 6.33. The molecule has 12 amide bonds. The van der Waals surface area contributed by atoms with Crippen LogP contribution in [0.5, 0.6) is 0 Å². The molecule has 3 unspecified atom stereocenters. The molecule has 32 heteroatoms. The second-order valence-corrected chi connectivity index (χ2v) is 33.5. The Morgan fingerprint density at radius 1 is 0.670 bits per heavy atom. The lowest BCUT2D eigenvalue weighted by molar-refractivity contribution is -0.215. The lowest BCUT2D eigenvalue weighted by Crippen LogP contribution is -2.71. The molecular weight excluding hydrogens is 1430 g/mol. The van der Waals surface area contributed by atoms with Crippen molar-refractivity contribution in [1.29, 1.82) is 0 Å². The van der Waals surface area contributed by atoms with Crippen LogP contribution in [0.1, 0.15) is 183 Å². The number of carbonyl (C=O) groups is 12. The summed E-state index contributed by atoms with van der Waals surface area (Å²) in [4.78, 5) is 193. The number of amides is 12. The molecule has 26 nitrogen and oxygen atoms in total. The summed E-state index contributed by atoms with van der Waals surface area (Å²) >= 11 is 0. The molecule has 7 aliphatic rings. The van der Waals surface area contributed by atoms with Gasteiger partial charge in [-0.15, -0.1) is 0 Å². The van der Waals surface area contributed by atoms with Crippen LogP contribution >= 0.6 is 0 Å². The van der Waals surface area contributed by atoms with Crippen LogP contribution in [0.2, 0.25) is 0 Å². The first-order valence-electron chi connectivity index (χ1n) is 39.2. The van der Waals surface area contributed by atoms with Crippen LogP contribution in [0.15, 0.2) is 12.2 Å². The van der Waals surface area contributed by atoms with E-state index in [1.807, 2.05) is 27.7 Å². The van der Waals surface area contributed by atoms with Crippen LogP contribution in [-0.2, 0) is 67.0 Å². The zero-order chi connectivity index (χ0) is 81.1. The number of methoxy groups -OCH3 is 1. The molecule has 3 aliphatic heterocycles. The van der Waals surface area contributed by atoms with Gasteiger partial charge in [-0.05, 0) is 151 Å². The highest BCUT2D eigenvalue weighted by Crippen LogP contribution is 2.50. The second kappa shape index (κ2) is 37.9. The number of alkyl halides is 6. The van der Waals surface area contributed by atoms with Crippen LogP contribution in [0.3, 0.4) is 0 Å². The van der Waals surface area contributed by atoms with Crippen LogP contribution in [0.25, 0.3) is 0 Å². The van der Waals surface area contributed by atoms with E-state index in [4.69, 9.17) is 9.47 Å². The highest BCUT2D eigenvalue weighted by Gasteiger charge is 2.59. The van der Waals surface area contributed by atoms with Gasteiger partial charge in [-0.3, -0.25) is 57.5 Å². The molecular formula is C77H122F6N12O14. The summed E-state index contributed by atoms with van der Waals surface area (Å²) in [5.74, 6) is -14.6. The molecule has 0 aromatic heterocycles. The molecule has 4 saturated carbocycles. The third-order valence-electron chi connectivity index (χ3n) is 24.4. The molecule has 0 radical (unpaired) electrons. The van der Waals surface area contributed by atoms with Gasteiger partial charge in [-0.25, -0.2) is 0 Å². The zero-order valence-electron chi connectivity index (χ0n) is 66.7. The van der Waals surface area contributed by atoms with Gasteiger partial charge in [-0.2, -0.15) is 26.3 Å². The maximum Gasteiger partial charge on any atom is 0.394 e. The minimum absolute atomic E-state index is 0.0202.